The Kier molecular flexibility index (Phi) is 6.21. The van der Waals surface area contributed by atoms with Gasteiger partial charge >= 0.3 is 0 Å². The SMILES string of the molecule is CC(=O)N1CC(Nc2cccc3c2CN(C(=O)c2c(O)cc(C#N)cc2OCc2ccccc2)C3)C1. The Morgan fingerprint density at radius 3 is 2.58 bits per heavy atom. The normalized spacial score (nSPS) is 14.6. The molecule has 2 heterocycles. The first kappa shape index (κ1) is 23.2. The molecule has 2 aliphatic heterocycles. The molecule has 2 amide bonds. The summed E-state index contributed by atoms with van der Waals surface area (Å²) in [6.45, 7) is 3.84. The number of nitrogens with zero attached hydrogens (tertiary/aromatic N) is 3. The maximum atomic E-state index is 13.6. The number of fused-ring (bicyclic) bond motifs is 1. The minimum Gasteiger partial charge on any atom is -0.507 e. The van der Waals surface area contributed by atoms with Crippen LogP contribution in [-0.2, 0) is 24.5 Å². The van der Waals surface area contributed by atoms with Crippen molar-refractivity contribution in [1.82, 2.24) is 9.80 Å². The highest BCUT2D eigenvalue weighted by Gasteiger charge is 2.33. The molecule has 0 radical (unpaired) electrons. The van der Waals surface area contributed by atoms with Crippen molar-refractivity contribution in [2.75, 3.05) is 18.4 Å². The topological polar surface area (TPSA) is 106 Å². The van der Waals surface area contributed by atoms with Gasteiger partial charge in [0.1, 0.15) is 23.7 Å². The molecule has 3 aromatic rings. The monoisotopic (exact) mass is 482 g/mol. The molecular weight excluding hydrogens is 456 g/mol. The van der Waals surface area contributed by atoms with E-state index in [9.17, 15) is 20.0 Å². The third-order valence-corrected chi connectivity index (χ3v) is 6.62. The molecule has 0 aromatic heterocycles. The van der Waals surface area contributed by atoms with Crippen molar-refractivity contribution >= 4 is 17.5 Å². The number of nitrogens with one attached hydrogen (secondary N) is 1. The number of carbonyl (C=O) groups excluding carboxylic acids is 2. The first-order valence-corrected chi connectivity index (χ1v) is 11.8. The third kappa shape index (κ3) is 4.56. The van der Waals surface area contributed by atoms with Gasteiger partial charge in [-0.1, -0.05) is 42.5 Å². The zero-order valence-electron chi connectivity index (χ0n) is 19.9. The minimum atomic E-state index is -0.367. The standard InChI is InChI=1S/C28H26N4O4/c1-18(33)31-14-22(15-31)30-24-9-5-8-21-13-32(16-23(21)24)28(35)27-25(34)10-20(12-29)11-26(27)36-17-19-6-3-2-4-7-19/h2-11,22,30,34H,13-17H2,1H3. The van der Waals surface area contributed by atoms with Gasteiger partial charge in [-0.3, -0.25) is 9.59 Å². The Labute approximate surface area is 209 Å². The number of benzene rings is 3. The second-order valence-electron chi connectivity index (χ2n) is 9.12. The van der Waals surface area contributed by atoms with Crippen molar-refractivity contribution in [1.29, 1.82) is 5.26 Å². The number of phenols is 1. The molecule has 1 saturated heterocycles. The number of likely N-dealkylation sites (tertiary alicyclic amines) is 1. The predicted molar refractivity (Wildman–Crippen MR) is 133 cm³/mol. The molecule has 0 aliphatic carbocycles. The molecule has 0 saturated carbocycles. The van der Waals surface area contributed by atoms with Crippen molar-refractivity contribution in [3.8, 4) is 17.6 Å². The van der Waals surface area contributed by atoms with Crippen LogP contribution in [0.5, 0.6) is 11.5 Å². The van der Waals surface area contributed by atoms with E-state index in [4.69, 9.17) is 4.74 Å². The van der Waals surface area contributed by atoms with Crippen LogP contribution in [0.1, 0.15) is 39.5 Å². The average molecular weight is 483 g/mol. The van der Waals surface area contributed by atoms with E-state index in [1.54, 1.807) is 16.7 Å². The van der Waals surface area contributed by atoms with Crippen LogP contribution in [-0.4, -0.2) is 45.9 Å². The van der Waals surface area contributed by atoms with Crippen LogP contribution in [0.15, 0.2) is 60.7 Å². The van der Waals surface area contributed by atoms with Crippen LogP contribution in [0, 0.1) is 11.3 Å². The highest BCUT2D eigenvalue weighted by atomic mass is 16.5. The van der Waals surface area contributed by atoms with E-state index in [0.717, 1.165) is 22.4 Å². The van der Waals surface area contributed by atoms with Gasteiger partial charge in [-0.25, -0.2) is 0 Å². The summed E-state index contributed by atoms with van der Waals surface area (Å²) in [7, 11) is 0. The largest absolute Gasteiger partial charge is 0.507 e. The molecule has 36 heavy (non-hydrogen) atoms. The number of hydrogen-bond donors (Lipinski definition) is 2. The van der Waals surface area contributed by atoms with E-state index < -0.39 is 0 Å². The van der Waals surface area contributed by atoms with Gasteiger partial charge in [0.05, 0.1) is 17.7 Å². The van der Waals surface area contributed by atoms with E-state index in [1.165, 1.54) is 12.1 Å². The van der Waals surface area contributed by atoms with Gasteiger partial charge in [-0.15, -0.1) is 0 Å². The van der Waals surface area contributed by atoms with Crippen molar-refractivity contribution < 1.29 is 19.4 Å². The highest BCUT2D eigenvalue weighted by molar-refractivity contribution is 6.00. The molecule has 0 bridgehead atoms. The Morgan fingerprint density at radius 2 is 1.86 bits per heavy atom. The van der Waals surface area contributed by atoms with Crippen LogP contribution < -0.4 is 10.1 Å². The molecule has 5 rings (SSSR count). The summed E-state index contributed by atoms with van der Waals surface area (Å²) in [6, 6.07) is 20.4. The maximum absolute atomic E-state index is 13.6. The Morgan fingerprint density at radius 1 is 1.08 bits per heavy atom. The van der Waals surface area contributed by atoms with Crippen molar-refractivity contribution in [3.63, 3.8) is 0 Å². The Bertz CT molecular complexity index is 1360. The summed E-state index contributed by atoms with van der Waals surface area (Å²) in [5, 5.41) is 23.6. The van der Waals surface area contributed by atoms with Crippen LogP contribution in [0.3, 0.4) is 0 Å². The van der Waals surface area contributed by atoms with Crippen LogP contribution in [0.4, 0.5) is 5.69 Å². The Hall–Kier alpha value is -4.51. The molecule has 0 unspecified atom stereocenters. The lowest BCUT2D eigenvalue weighted by molar-refractivity contribution is -0.132. The van der Waals surface area contributed by atoms with E-state index in [2.05, 4.69) is 5.32 Å². The summed E-state index contributed by atoms with van der Waals surface area (Å²) >= 11 is 0. The molecule has 0 spiro atoms. The van der Waals surface area contributed by atoms with Crippen LogP contribution >= 0.6 is 0 Å². The first-order chi connectivity index (χ1) is 17.4. The smallest absolute Gasteiger partial charge is 0.262 e. The average Bonchev–Trinajstić information content (AvgIpc) is 3.29. The molecular formula is C28H26N4O4. The first-order valence-electron chi connectivity index (χ1n) is 11.8. The summed E-state index contributed by atoms with van der Waals surface area (Å²) in [6.07, 6.45) is 0. The van der Waals surface area contributed by atoms with Crippen molar-refractivity contribution in [2.45, 2.75) is 32.7 Å². The lowest BCUT2D eigenvalue weighted by Crippen LogP contribution is -2.56. The van der Waals surface area contributed by atoms with Crippen molar-refractivity contribution in [2.24, 2.45) is 0 Å². The molecule has 1 fully saturated rings. The number of amides is 2. The molecule has 8 heteroatoms. The molecule has 8 nitrogen and oxygen atoms in total. The summed E-state index contributed by atoms with van der Waals surface area (Å²) in [5.74, 6) is -0.409. The van der Waals surface area contributed by atoms with Gasteiger partial charge in [0.25, 0.3) is 5.91 Å². The van der Waals surface area contributed by atoms with Gasteiger partial charge in [0.15, 0.2) is 0 Å². The summed E-state index contributed by atoms with van der Waals surface area (Å²) in [5.41, 5.74) is 4.15. The van der Waals surface area contributed by atoms with Gasteiger partial charge in [0, 0.05) is 38.8 Å². The van der Waals surface area contributed by atoms with Crippen LogP contribution in [0.2, 0.25) is 0 Å². The van der Waals surface area contributed by atoms with Gasteiger partial charge in [-0.2, -0.15) is 5.26 Å². The van der Waals surface area contributed by atoms with E-state index in [1.807, 2.05) is 54.6 Å². The fourth-order valence-electron chi connectivity index (χ4n) is 4.64. The fourth-order valence-corrected chi connectivity index (χ4v) is 4.64. The number of carbonyl (C=O) groups is 2. The molecule has 3 aromatic carbocycles. The molecule has 182 valence electrons. The number of nitriles is 1. The lowest BCUT2D eigenvalue weighted by Gasteiger charge is -2.39. The summed E-state index contributed by atoms with van der Waals surface area (Å²) < 4.78 is 5.93. The Balaban J connectivity index is 1.36. The molecule has 0 atom stereocenters. The number of aromatic hydroxyl groups is 1. The third-order valence-electron chi connectivity index (χ3n) is 6.62. The maximum Gasteiger partial charge on any atom is 0.262 e. The number of rotatable bonds is 6. The lowest BCUT2D eigenvalue weighted by atomic mass is 10.0. The number of phenolic OH excluding ortho intramolecular Hbond substituents is 1. The second-order valence-corrected chi connectivity index (χ2v) is 9.12. The number of hydrogen-bond acceptors (Lipinski definition) is 6. The van der Waals surface area contributed by atoms with E-state index >= 15 is 0 Å². The zero-order chi connectivity index (χ0) is 25.2. The predicted octanol–water partition coefficient (Wildman–Crippen LogP) is 3.64. The zero-order valence-corrected chi connectivity index (χ0v) is 19.9. The van der Waals surface area contributed by atoms with Gasteiger partial charge < -0.3 is 25.0 Å². The van der Waals surface area contributed by atoms with Gasteiger partial charge in [-0.05, 0) is 34.9 Å². The minimum absolute atomic E-state index is 0.0448. The summed E-state index contributed by atoms with van der Waals surface area (Å²) in [4.78, 5) is 28.6. The number of anilines is 1. The van der Waals surface area contributed by atoms with Gasteiger partial charge in [0.2, 0.25) is 5.91 Å². The van der Waals surface area contributed by atoms with Crippen molar-refractivity contribution in [3.05, 3.63) is 88.5 Å². The highest BCUT2D eigenvalue weighted by Crippen LogP contribution is 2.36. The molecule has 2 N–H and O–H groups in total. The van der Waals surface area contributed by atoms with E-state index in [-0.39, 0.29) is 47.1 Å². The molecule has 2 aliphatic rings. The quantitative estimate of drug-likeness (QED) is 0.556. The van der Waals surface area contributed by atoms with Crippen LogP contribution in [0.25, 0.3) is 0 Å². The van der Waals surface area contributed by atoms with E-state index in [0.29, 0.717) is 26.2 Å². The second kappa shape index (κ2) is 9.62. The fraction of sp³-hybridized carbons (Fsp3) is 0.250. The number of ether oxygens (including phenoxy) is 1.